The Bertz CT molecular complexity index is 417. The van der Waals surface area contributed by atoms with Gasteiger partial charge in [-0.15, -0.1) is 11.3 Å². The fraction of sp³-hybridized carbons (Fsp3) is 0.556. The largest absolute Gasteiger partial charge is 0.311 e. The van der Waals surface area contributed by atoms with Crippen molar-refractivity contribution in [3.8, 4) is 0 Å². The summed E-state index contributed by atoms with van der Waals surface area (Å²) in [7, 11) is -3.06. The van der Waals surface area contributed by atoms with Crippen molar-refractivity contribution in [2.45, 2.75) is 13.5 Å². The van der Waals surface area contributed by atoms with Crippen LogP contribution in [0.5, 0.6) is 0 Å². The Balaban J connectivity index is 2.13. The van der Waals surface area contributed by atoms with Gasteiger partial charge in [-0.1, -0.05) is 0 Å². The zero-order valence-corrected chi connectivity index (χ0v) is 12.2. The minimum Gasteiger partial charge on any atom is -0.311 e. The summed E-state index contributed by atoms with van der Waals surface area (Å²) in [6, 6.07) is 2.05. The molecule has 0 fully saturated rings. The summed E-state index contributed by atoms with van der Waals surface area (Å²) >= 11 is 5.03. The zero-order valence-electron chi connectivity index (χ0n) is 8.99. The smallest absolute Gasteiger partial charge is 0.211 e. The molecule has 16 heavy (non-hydrogen) atoms. The maximum Gasteiger partial charge on any atom is 0.211 e. The molecule has 1 rings (SSSR count). The predicted molar refractivity (Wildman–Crippen MR) is 71.2 cm³/mol. The van der Waals surface area contributed by atoms with Gasteiger partial charge in [-0.2, -0.15) is 0 Å². The minimum absolute atomic E-state index is 0.129. The van der Waals surface area contributed by atoms with Gasteiger partial charge < -0.3 is 5.32 Å². The van der Waals surface area contributed by atoms with Crippen molar-refractivity contribution in [1.82, 2.24) is 10.0 Å². The molecule has 0 aliphatic rings. The quantitative estimate of drug-likeness (QED) is 0.747. The van der Waals surface area contributed by atoms with E-state index in [0.29, 0.717) is 13.1 Å². The van der Waals surface area contributed by atoms with Crippen LogP contribution >= 0.6 is 27.3 Å². The molecule has 0 aliphatic carbocycles. The fourth-order valence-corrected chi connectivity index (χ4v) is 2.89. The summed E-state index contributed by atoms with van der Waals surface area (Å²) in [5.41, 5.74) is 1.20. The summed E-state index contributed by atoms with van der Waals surface area (Å²) in [6.45, 7) is 3.45. The van der Waals surface area contributed by atoms with Crippen LogP contribution in [0.3, 0.4) is 0 Å². The highest BCUT2D eigenvalue weighted by molar-refractivity contribution is 9.11. The van der Waals surface area contributed by atoms with Gasteiger partial charge >= 0.3 is 0 Å². The van der Waals surface area contributed by atoms with Gasteiger partial charge in [0.2, 0.25) is 10.0 Å². The third-order valence-corrected chi connectivity index (χ3v) is 4.91. The lowest BCUT2D eigenvalue weighted by atomic mass is 10.3. The Hall–Kier alpha value is 0.0500. The highest BCUT2D eigenvalue weighted by atomic mass is 79.9. The maximum atomic E-state index is 11.1. The lowest BCUT2D eigenvalue weighted by Gasteiger charge is -2.05. The number of rotatable bonds is 7. The van der Waals surface area contributed by atoms with Gasteiger partial charge in [-0.3, -0.25) is 0 Å². The normalized spacial score (nSPS) is 11.9. The Kier molecular flexibility index (Phi) is 5.91. The minimum atomic E-state index is -3.06. The van der Waals surface area contributed by atoms with Crippen LogP contribution in [0.2, 0.25) is 0 Å². The van der Waals surface area contributed by atoms with E-state index in [-0.39, 0.29) is 5.75 Å². The Morgan fingerprint density at radius 3 is 2.75 bits per heavy atom. The van der Waals surface area contributed by atoms with Crippen molar-refractivity contribution >= 4 is 37.3 Å². The van der Waals surface area contributed by atoms with Crippen molar-refractivity contribution in [2.24, 2.45) is 0 Å². The highest BCUT2D eigenvalue weighted by Gasteiger charge is 2.04. The van der Waals surface area contributed by atoms with Gasteiger partial charge in [0.25, 0.3) is 0 Å². The molecule has 4 nitrogen and oxygen atoms in total. The van der Waals surface area contributed by atoms with Gasteiger partial charge in [-0.25, -0.2) is 13.1 Å². The molecule has 2 N–H and O–H groups in total. The molecule has 0 aromatic carbocycles. The summed E-state index contributed by atoms with van der Waals surface area (Å²) in [4.78, 5) is 0. The van der Waals surface area contributed by atoms with Gasteiger partial charge in [0.05, 0.1) is 9.54 Å². The second-order valence-electron chi connectivity index (χ2n) is 3.23. The first-order valence-corrected chi connectivity index (χ1v) is 8.27. The second-order valence-corrected chi connectivity index (χ2v) is 7.62. The molecule has 0 spiro atoms. The Labute approximate surface area is 109 Å². The van der Waals surface area contributed by atoms with E-state index in [0.717, 1.165) is 10.3 Å². The van der Waals surface area contributed by atoms with Crippen molar-refractivity contribution in [3.05, 3.63) is 20.8 Å². The number of thiophene rings is 1. The van der Waals surface area contributed by atoms with Gasteiger partial charge in [0.15, 0.2) is 0 Å². The first-order chi connectivity index (χ1) is 7.53. The molecule has 1 heterocycles. The highest BCUT2D eigenvalue weighted by Crippen LogP contribution is 2.20. The number of hydrogen-bond donors (Lipinski definition) is 2. The fourth-order valence-electron chi connectivity index (χ4n) is 1.07. The number of nitrogens with one attached hydrogen (secondary N) is 2. The van der Waals surface area contributed by atoms with Crippen molar-refractivity contribution in [2.75, 3.05) is 18.8 Å². The van der Waals surface area contributed by atoms with E-state index in [2.05, 4.69) is 31.3 Å². The van der Waals surface area contributed by atoms with E-state index in [1.807, 2.05) is 6.07 Å². The lowest BCUT2D eigenvalue weighted by molar-refractivity contribution is 0.577. The van der Waals surface area contributed by atoms with Crippen LogP contribution in [0.15, 0.2) is 15.2 Å². The second kappa shape index (κ2) is 6.70. The van der Waals surface area contributed by atoms with E-state index in [4.69, 9.17) is 0 Å². The van der Waals surface area contributed by atoms with Crippen LogP contribution in [0, 0.1) is 0 Å². The van der Waals surface area contributed by atoms with E-state index in [9.17, 15) is 8.42 Å². The average molecular weight is 327 g/mol. The standard InChI is InChI=1S/C9H15BrN2O2S2/c1-2-16(13,14)12-4-3-11-6-8-5-9(10)15-7-8/h5,7,11-12H,2-4,6H2,1H3. The summed E-state index contributed by atoms with van der Waals surface area (Å²) in [5, 5.41) is 5.23. The molecule has 0 unspecified atom stereocenters. The predicted octanol–water partition coefficient (Wildman–Crippen LogP) is 1.54. The number of hydrogen-bond acceptors (Lipinski definition) is 4. The molecule has 0 radical (unpaired) electrons. The zero-order chi connectivity index (χ0) is 12.0. The Morgan fingerprint density at radius 1 is 1.44 bits per heavy atom. The average Bonchev–Trinajstić information content (AvgIpc) is 2.64. The van der Waals surface area contributed by atoms with E-state index in [1.165, 1.54) is 5.56 Å². The first-order valence-electron chi connectivity index (χ1n) is 4.94. The molecular weight excluding hydrogens is 312 g/mol. The molecule has 1 aromatic heterocycles. The van der Waals surface area contributed by atoms with Gasteiger partial charge in [0.1, 0.15) is 0 Å². The topological polar surface area (TPSA) is 58.2 Å². The molecule has 92 valence electrons. The lowest BCUT2D eigenvalue weighted by Crippen LogP contribution is -2.32. The third-order valence-electron chi connectivity index (χ3n) is 1.95. The van der Waals surface area contributed by atoms with Gasteiger partial charge in [-0.05, 0) is 39.9 Å². The SMILES string of the molecule is CCS(=O)(=O)NCCNCc1csc(Br)c1. The molecule has 0 saturated heterocycles. The molecule has 0 bridgehead atoms. The summed E-state index contributed by atoms with van der Waals surface area (Å²) < 4.78 is 25.8. The number of halogens is 1. The third kappa shape index (κ3) is 5.40. The van der Waals surface area contributed by atoms with Crippen molar-refractivity contribution < 1.29 is 8.42 Å². The van der Waals surface area contributed by atoms with Crippen molar-refractivity contribution in [3.63, 3.8) is 0 Å². The molecule has 0 aliphatic heterocycles. The molecule has 0 atom stereocenters. The van der Waals surface area contributed by atoms with Crippen LogP contribution in [-0.4, -0.2) is 27.3 Å². The van der Waals surface area contributed by atoms with E-state index in [1.54, 1.807) is 18.3 Å². The summed E-state index contributed by atoms with van der Waals surface area (Å²) in [6.07, 6.45) is 0. The molecular formula is C9H15BrN2O2S2. The van der Waals surface area contributed by atoms with Crippen molar-refractivity contribution in [1.29, 1.82) is 0 Å². The Morgan fingerprint density at radius 2 is 2.19 bits per heavy atom. The monoisotopic (exact) mass is 326 g/mol. The van der Waals surface area contributed by atoms with E-state index >= 15 is 0 Å². The number of sulfonamides is 1. The van der Waals surface area contributed by atoms with Crippen LogP contribution in [-0.2, 0) is 16.6 Å². The first kappa shape index (κ1) is 14.1. The van der Waals surface area contributed by atoms with Crippen LogP contribution in [0.4, 0.5) is 0 Å². The van der Waals surface area contributed by atoms with Gasteiger partial charge in [0, 0.05) is 19.6 Å². The molecule has 1 aromatic rings. The molecule has 7 heteroatoms. The van der Waals surface area contributed by atoms with E-state index < -0.39 is 10.0 Å². The van der Waals surface area contributed by atoms with Crippen LogP contribution in [0.1, 0.15) is 12.5 Å². The summed E-state index contributed by atoms with van der Waals surface area (Å²) in [5.74, 6) is 0.129. The molecule has 0 amide bonds. The molecule has 0 saturated carbocycles. The van der Waals surface area contributed by atoms with Crippen LogP contribution in [0.25, 0.3) is 0 Å². The van der Waals surface area contributed by atoms with Crippen LogP contribution < -0.4 is 10.0 Å². The maximum absolute atomic E-state index is 11.1.